The molecule has 1 heterocycles. The number of nitrogens with zero attached hydrogens (tertiary/aromatic N) is 1. The van der Waals surface area contributed by atoms with Crippen molar-refractivity contribution >= 4 is 34.5 Å². The average molecular weight is 300 g/mol. The van der Waals surface area contributed by atoms with Gasteiger partial charge in [0.25, 0.3) is 0 Å². The van der Waals surface area contributed by atoms with E-state index >= 15 is 0 Å². The van der Waals surface area contributed by atoms with Gasteiger partial charge >= 0.3 is 0 Å². The van der Waals surface area contributed by atoms with Crippen LogP contribution in [0.15, 0.2) is 18.2 Å². The fourth-order valence-electron chi connectivity index (χ4n) is 1.63. The molecule has 96 valence electrons. The molecule has 1 nitrogen and oxygen atoms in total. The summed E-state index contributed by atoms with van der Waals surface area (Å²) < 4.78 is 0. The van der Waals surface area contributed by atoms with Gasteiger partial charge in [0.15, 0.2) is 0 Å². The van der Waals surface area contributed by atoms with Crippen molar-refractivity contribution in [2.45, 2.75) is 33.1 Å². The monoisotopic (exact) mass is 299 g/mol. The second kappa shape index (κ2) is 4.84. The molecule has 0 aliphatic heterocycles. The average Bonchev–Trinajstić information content (AvgIpc) is 2.64. The lowest BCUT2D eigenvalue weighted by Gasteiger charge is -2.13. The highest BCUT2D eigenvalue weighted by atomic mass is 35.5. The maximum Gasteiger partial charge on any atom is 0.0988 e. The third kappa shape index (κ3) is 2.71. The first-order valence-corrected chi connectivity index (χ1v) is 7.29. The molecular weight excluding hydrogens is 285 g/mol. The number of hydrogen-bond acceptors (Lipinski definition) is 2. The molecule has 4 heteroatoms. The molecule has 0 bridgehead atoms. The van der Waals surface area contributed by atoms with E-state index in [1.54, 1.807) is 11.3 Å². The molecule has 0 spiro atoms. The zero-order valence-electron chi connectivity index (χ0n) is 10.8. The number of benzene rings is 1. The van der Waals surface area contributed by atoms with Crippen LogP contribution in [-0.2, 0) is 5.41 Å². The quantitative estimate of drug-likeness (QED) is 0.656. The van der Waals surface area contributed by atoms with Crippen LogP contribution in [0, 0.1) is 6.92 Å². The maximum atomic E-state index is 6.06. The van der Waals surface area contributed by atoms with Crippen molar-refractivity contribution in [3.63, 3.8) is 0 Å². The largest absolute Gasteiger partial charge is 0.240 e. The lowest BCUT2D eigenvalue weighted by atomic mass is 9.98. The van der Waals surface area contributed by atoms with Crippen LogP contribution in [0.4, 0.5) is 0 Å². The molecule has 2 rings (SSSR count). The highest BCUT2D eigenvalue weighted by Crippen LogP contribution is 2.35. The van der Waals surface area contributed by atoms with Crippen LogP contribution in [0.2, 0.25) is 10.0 Å². The van der Waals surface area contributed by atoms with Gasteiger partial charge < -0.3 is 0 Å². The number of hydrogen-bond donors (Lipinski definition) is 0. The van der Waals surface area contributed by atoms with Gasteiger partial charge in [-0.2, -0.15) is 0 Å². The molecule has 0 saturated heterocycles. The van der Waals surface area contributed by atoms with Crippen molar-refractivity contribution in [3.8, 4) is 11.3 Å². The third-order valence-electron chi connectivity index (χ3n) is 2.63. The molecule has 18 heavy (non-hydrogen) atoms. The Bertz CT molecular complexity index is 582. The number of rotatable bonds is 1. The van der Waals surface area contributed by atoms with Crippen LogP contribution in [0.1, 0.15) is 30.7 Å². The SMILES string of the molecule is Cc1sc(C(C)(C)C)nc1-c1ccc(Cl)c(Cl)c1. The second-order valence-electron chi connectivity index (χ2n) is 5.30. The summed E-state index contributed by atoms with van der Waals surface area (Å²) >= 11 is 13.7. The summed E-state index contributed by atoms with van der Waals surface area (Å²) in [6, 6.07) is 5.65. The van der Waals surface area contributed by atoms with Gasteiger partial charge in [-0.1, -0.05) is 50.0 Å². The Balaban J connectivity index is 2.51. The normalized spacial score (nSPS) is 11.9. The minimum absolute atomic E-state index is 0.0733. The molecular formula is C14H15Cl2NS. The van der Waals surface area contributed by atoms with Crippen molar-refractivity contribution in [2.75, 3.05) is 0 Å². The standard InChI is InChI=1S/C14H15Cl2NS/c1-8-12(17-13(18-8)14(2,3)4)9-5-6-10(15)11(16)7-9/h5-7H,1-4H3. The van der Waals surface area contributed by atoms with Crippen molar-refractivity contribution < 1.29 is 0 Å². The van der Waals surface area contributed by atoms with Crippen LogP contribution in [-0.4, -0.2) is 4.98 Å². The van der Waals surface area contributed by atoms with E-state index in [0.717, 1.165) is 16.3 Å². The molecule has 1 aromatic carbocycles. The van der Waals surface area contributed by atoms with Crippen molar-refractivity contribution in [1.82, 2.24) is 4.98 Å². The highest BCUT2D eigenvalue weighted by molar-refractivity contribution is 7.12. The summed E-state index contributed by atoms with van der Waals surface area (Å²) in [5, 5.41) is 2.28. The molecule has 0 aliphatic rings. The number of aromatic nitrogens is 1. The Hall–Kier alpha value is -0.570. The summed E-state index contributed by atoms with van der Waals surface area (Å²) in [5.74, 6) is 0. The number of thiazole rings is 1. The van der Waals surface area contributed by atoms with Gasteiger partial charge in [0.1, 0.15) is 0 Å². The molecule has 2 aromatic rings. The molecule has 1 aromatic heterocycles. The Labute approximate surface area is 122 Å². The van der Waals surface area contributed by atoms with E-state index in [4.69, 9.17) is 28.2 Å². The van der Waals surface area contributed by atoms with Crippen molar-refractivity contribution in [1.29, 1.82) is 0 Å². The fourth-order valence-corrected chi connectivity index (χ4v) is 2.92. The van der Waals surface area contributed by atoms with Crippen molar-refractivity contribution in [2.24, 2.45) is 0 Å². The highest BCUT2D eigenvalue weighted by Gasteiger charge is 2.20. The first-order chi connectivity index (χ1) is 8.29. The van der Waals surface area contributed by atoms with Gasteiger partial charge in [0, 0.05) is 15.9 Å². The van der Waals surface area contributed by atoms with Crippen LogP contribution < -0.4 is 0 Å². The lowest BCUT2D eigenvalue weighted by Crippen LogP contribution is -2.10. The van der Waals surface area contributed by atoms with Gasteiger partial charge in [0.2, 0.25) is 0 Å². The van der Waals surface area contributed by atoms with E-state index in [2.05, 4.69) is 27.7 Å². The van der Waals surface area contributed by atoms with Crippen LogP contribution in [0.25, 0.3) is 11.3 Å². The van der Waals surface area contributed by atoms with Crippen LogP contribution in [0.3, 0.4) is 0 Å². The Kier molecular flexibility index (Phi) is 3.72. The summed E-state index contributed by atoms with van der Waals surface area (Å²) in [6.07, 6.45) is 0. The zero-order chi connectivity index (χ0) is 13.5. The zero-order valence-corrected chi connectivity index (χ0v) is 13.2. The Morgan fingerprint density at radius 2 is 1.78 bits per heavy atom. The molecule has 0 N–H and O–H groups in total. The Morgan fingerprint density at radius 1 is 1.11 bits per heavy atom. The molecule has 0 aliphatic carbocycles. The van der Waals surface area contributed by atoms with Gasteiger partial charge in [-0.3, -0.25) is 0 Å². The van der Waals surface area contributed by atoms with E-state index in [1.807, 2.05) is 18.2 Å². The summed E-state index contributed by atoms with van der Waals surface area (Å²) in [7, 11) is 0. The maximum absolute atomic E-state index is 6.06. The second-order valence-corrected chi connectivity index (χ2v) is 7.32. The molecule has 0 radical (unpaired) electrons. The van der Waals surface area contributed by atoms with E-state index in [-0.39, 0.29) is 5.41 Å². The smallest absolute Gasteiger partial charge is 0.0988 e. The van der Waals surface area contributed by atoms with E-state index in [0.29, 0.717) is 10.0 Å². The first kappa shape index (κ1) is 13.9. The van der Waals surface area contributed by atoms with Gasteiger partial charge in [0.05, 0.1) is 20.7 Å². The fraction of sp³-hybridized carbons (Fsp3) is 0.357. The summed E-state index contributed by atoms with van der Waals surface area (Å²) in [5.41, 5.74) is 2.10. The predicted octanol–water partition coefficient (Wildman–Crippen LogP) is 5.72. The van der Waals surface area contributed by atoms with Crippen LogP contribution >= 0.6 is 34.5 Å². The summed E-state index contributed by atoms with van der Waals surface area (Å²) in [4.78, 5) is 5.95. The molecule has 0 saturated carbocycles. The Morgan fingerprint density at radius 3 is 2.28 bits per heavy atom. The van der Waals surface area contributed by atoms with Gasteiger partial charge in [-0.15, -0.1) is 11.3 Å². The summed E-state index contributed by atoms with van der Waals surface area (Å²) in [6.45, 7) is 8.60. The number of aryl methyl sites for hydroxylation is 1. The van der Waals surface area contributed by atoms with Crippen molar-refractivity contribution in [3.05, 3.63) is 38.1 Å². The third-order valence-corrected chi connectivity index (χ3v) is 4.77. The van der Waals surface area contributed by atoms with E-state index in [9.17, 15) is 0 Å². The lowest BCUT2D eigenvalue weighted by molar-refractivity contribution is 0.586. The predicted molar refractivity (Wildman–Crippen MR) is 81.0 cm³/mol. The molecule has 0 unspecified atom stereocenters. The molecule has 0 fully saturated rings. The van der Waals surface area contributed by atoms with Crippen LogP contribution in [0.5, 0.6) is 0 Å². The van der Waals surface area contributed by atoms with Gasteiger partial charge in [-0.05, 0) is 19.1 Å². The number of halogens is 2. The topological polar surface area (TPSA) is 12.9 Å². The molecule has 0 amide bonds. The van der Waals surface area contributed by atoms with E-state index in [1.165, 1.54) is 4.88 Å². The van der Waals surface area contributed by atoms with E-state index < -0.39 is 0 Å². The molecule has 0 atom stereocenters. The minimum Gasteiger partial charge on any atom is -0.240 e. The van der Waals surface area contributed by atoms with Gasteiger partial charge in [-0.25, -0.2) is 4.98 Å². The first-order valence-electron chi connectivity index (χ1n) is 5.72. The minimum atomic E-state index is 0.0733.